The van der Waals surface area contributed by atoms with Gasteiger partial charge in [0.2, 0.25) is 0 Å². The Hall–Kier alpha value is -0.860. The first-order valence-corrected chi connectivity index (χ1v) is 8.96. The fourth-order valence-corrected chi connectivity index (χ4v) is 3.71. The van der Waals surface area contributed by atoms with Gasteiger partial charge in [-0.15, -0.1) is 0 Å². The second-order valence-corrected chi connectivity index (χ2v) is 7.92. The van der Waals surface area contributed by atoms with Crippen molar-refractivity contribution in [1.82, 2.24) is 4.90 Å². The molecule has 1 aromatic rings. The lowest BCUT2D eigenvalue weighted by Crippen LogP contribution is -2.37. The Kier molecular flexibility index (Phi) is 6.05. The SMILES string of the molecule is CN(C1CCCCC1)C(CCN)c1ccc(C(C)(C)C)cc1. The Labute approximate surface area is 137 Å². The van der Waals surface area contributed by atoms with Crippen molar-refractivity contribution in [2.75, 3.05) is 13.6 Å². The smallest absolute Gasteiger partial charge is 0.0360 e. The summed E-state index contributed by atoms with van der Waals surface area (Å²) in [7, 11) is 2.30. The van der Waals surface area contributed by atoms with Gasteiger partial charge < -0.3 is 5.73 Å². The van der Waals surface area contributed by atoms with E-state index >= 15 is 0 Å². The van der Waals surface area contributed by atoms with Gasteiger partial charge in [-0.3, -0.25) is 4.90 Å². The van der Waals surface area contributed by atoms with Crippen LogP contribution in [0.2, 0.25) is 0 Å². The van der Waals surface area contributed by atoms with Gasteiger partial charge in [0.05, 0.1) is 0 Å². The molecule has 1 aliphatic carbocycles. The number of hydrogen-bond donors (Lipinski definition) is 1. The molecule has 2 rings (SSSR count). The van der Waals surface area contributed by atoms with E-state index in [1.54, 1.807) is 0 Å². The molecule has 0 saturated heterocycles. The standard InChI is InChI=1S/C20H34N2/c1-20(2,3)17-12-10-16(11-13-17)19(14-15-21)22(4)18-8-6-5-7-9-18/h10-13,18-19H,5-9,14-15,21H2,1-4H3. The lowest BCUT2D eigenvalue weighted by atomic mass is 9.85. The van der Waals surface area contributed by atoms with Crippen LogP contribution in [0.3, 0.4) is 0 Å². The van der Waals surface area contributed by atoms with Crippen molar-refractivity contribution < 1.29 is 0 Å². The van der Waals surface area contributed by atoms with Crippen molar-refractivity contribution >= 4 is 0 Å². The van der Waals surface area contributed by atoms with Crippen LogP contribution >= 0.6 is 0 Å². The normalized spacial score (nSPS) is 18.6. The van der Waals surface area contributed by atoms with Gasteiger partial charge in [0.1, 0.15) is 0 Å². The molecule has 1 aromatic carbocycles. The van der Waals surface area contributed by atoms with Crippen LogP contribution in [0.15, 0.2) is 24.3 Å². The molecule has 0 spiro atoms. The first-order valence-electron chi connectivity index (χ1n) is 8.96. The molecule has 0 radical (unpaired) electrons. The minimum absolute atomic E-state index is 0.219. The topological polar surface area (TPSA) is 29.3 Å². The Morgan fingerprint density at radius 3 is 2.18 bits per heavy atom. The van der Waals surface area contributed by atoms with Crippen LogP contribution in [0.5, 0.6) is 0 Å². The van der Waals surface area contributed by atoms with E-state index < -0.39 is 0 Å². The molecule has 0 bridgehead atoms. The molecule has 2 heteroatoms. The fourth-order valence-electron chi connectivity index (χ4n) is 3.71. The molecule has 0 heterocycles. The third-order valence-electron chi connectivity index (χ3n) is 5.24. The molecule has 124 valence electrons. The molecule has 2 nitrogen and oxygen atoms in total. The quantitative estimate of drug-likeness (QED) is 0.858. The van der Waals surface area contributed by atoms with Gasteiger partial charge in [0.15, 0.2) is 0 Å². The molecule has 1 saturated carbocycles. The Bertz CT molecular complexity index is 438. The van der Waals surface area contributed by atoms with Gasteiger partial charge in [-0.1, -0.05) is 64.3 Å². The fraction of sp³-hybridized carbons (Fsp3) is 0.700. The molecule has 1 aliphatic rings. The zero-order chi connectivity index (χ0) is 16.2. The maximum absolute atomic E-state index is 5.91. The lowest BCUT2D eigenvalue weighted by molar-refractivity contribution is 0.132. The zero-order valence-corrected chi connectivity index (χ0v) is 14.9. The van der Waals surface area contributed by atoms with Crippen LogP contribution in [-0.2, 0) is 5.41 Å². The second-order valence-electron chi connectivity index (χ2n) is 7.92. The number of hydrogen-bond acceptors (Lipinski definition) is 2. The first kappa shape index (κ1) is 17.5. The van der Waals surface area contributed by atoms with Gasteiger partial charge in [-0.05, 0) is 49.4 Å². The highest BCUT2D eigenvalue weighted by atomic mass is 15.2. The summed E-state index contributed by atoms with van der Waals surface area (Å²) in [5.41, 5.74) is 8.95. The van der Waals surface area contributed by atoms with Crippen LogP contribution in [0, 0.1) is 0 Å². The third-order valence-corrected chi connectivity index (χ3v) is 5.24. The molecule has 0 amide bonds. The van der Waals surface area contributed by atoms with Gasteiger partial charge >= 0.3 is 0 Å². The summed E-state index contributed by atoms with van der Waals surface area (Å²) >= 11 is 0. The van der Waals surface area contributed by atoms with E-state index in [1.807, 2.05) is 0 Å². The molecular formula is C20H34N2. The largest absolute Gasteiger partial charge is 0.330 e. The molecule has 0 aromatic heterocycles. The van der Waals surface area contributed by atoms with Crippen molar-refractivity contribution in [2.45, 2.75) is 76.8 Å². The minimum atomic E-state index is 0.219. The summed E-state index contributed by atoms with van der Waals surface area (Å²) in [5, 5.41) is 0. The van der Waals surface area contributed by atoms with Crippen LogP contribution in [0.25, 0.3) is 0 Å². The second kappa shape index (κ2) is 7.61. The van der Waals surface area contributed by atoms with Gasteiger partial charge in [0, 0.05) is 12.1 Å². The number of nitrogens with two attached hydrogens (primary N) is 1. The lowest BCUT2D eigenvalue weighted by Gasteiger charge is -2.37. The molecule has 22 heavy (non-hydrogen) atoms. The first-order chi connectivity index (χ1) is 10.4. The van der Waals surface area contributed by atoms with E-state index in [4.69, 9.17) is 5.73 Å². The highest BCUT2D eigenvalue weighted by molar-refractivity contribution is 5.29. The van der Waals surface area contributed by atoms with Crippen molar-refractivity contribution in [3.05, 3.63) is 35.4 Å². The van der Waals surface area contributed by atoms with Crippen LogP contribution in [0.4, 0.5) is 0 Å². The van der Waals surface area contributed by atoms with E-state index in [0.29, 0.717) is 6.04 Å². The zero-order valence-electron chi connectivity index (χ0n) is 14.9. The van der Waals surface area contributed by atoms with Gasteiger partial charge in [-0.25, -0.2) is 0 Å². The molecule has 2 N–H and O–H groups in total. The predicted octanol–water partition coefficient (Wildman–Crippen LogP) is 4.64. The highest BCUT2D eigenvalue weighted by Crippen LogP contribution is 2.32. The molecule has 1 unspecified atom stereocenters. The Morgan fingerprint density at radius 2 is 1.68 bits per heavy atom. The molecule has 0 aliphatic heterocycles. The molecular weight excluding hydrogens is 268 g/mol. The monoisotopic (exact) mass is 302 g/mol. The molecule has 1 atom stereocenters. The summed E-state index contributed by atoms with van der Waals surface area (Å²) < 4.78 is 0. The third kappa shape index (κ3) is 4.33. The summed E-state index contributed by atoms with van der Waals surface area (Å²) in [4.78, 5) is 2.60. The van der Waals surface area contributed by atoms with Crippen molar-refractivity contribution in [3.63, 3.8) is 0 Å². The van der Waals surface area contributed by atoms with E-state index in [1.165, 1.54) is 43.2 Å². The number of rotatable bonds is 5. The van der Waals surface area contributed by atoms with E-state index in [-0.39, 0.29) is 5.41 Å². The van der Waals surface area contributed by atoms with Gasteiger partial charge in [0.25, 0.3) is 0 Å². The Morgan fingerprint density at radius 1 is 1.09 bits per heavy atom. The van der Waals surface area contributed by atoms with Crippen LogP contribution in [0.1, 0.15) is 76.5 Å². The average molecular weight is 303 g/mol. The van der Waals surface area contributed by atoms with Crippen LogP contribution in [-0.4, -0.2) is 24.5 Å². The summed E-state index contributed by atoms with van der Waals surface area (Å²) in [6.45, 7) is 7.57. The van der Waals surface area contributed by atoms with Crippen molar-refractivity contribution in [2.24, 2.45) is 5.73 Å². The summed E-state index contributed by atoms with van der Waals surface area (Å²) in [6.07, 6.45) is 7.91. The Balaban J connectivity index is 2.16. The number of nitrogens with zero attached hydrogens (tertiary/aromatic N) is 1. The van der Waals surface area contributed by atoms with Crippen LogP contribution < -0.4 is 5.73 Å². The maximum atomic E-state index is 5.91. The van der Waals surface area contributed by atoms with E-state index in [0.717, 1.165) is 19.0 Å². The van der Waals surface area contributed by atoms with E-state index in [9.17, 15) is 0 Å². The molecule has 1 fully saturated rings. The summed E-state index contributed by atoms with van der Waals surface area (Å²) in [6, 6.07) is 10.4. The maximum Gasteiger partial charge on any atom is 0.0360 e. The number of benzene rings is 1. The summed E-state index contributed by atoms with van der Waals surface area (Å²) in [5.74, 6) is 0. The minimum Gasteiger partial charge on any atom is -0.330 e. The van der Waals surface area contributed by atoms with Crippen molar-refractivity contribution in [1.29, 1.82) is 0 Å². The highest BCUT2D eigenvalue weighted by Gasteiger charge is 2.25. The van der Waals surface area contributed by atoms with E-state index in [2.05, 4.69) is 57.0 Å². The predicted molar refractivity (Wildman–Crippen MR) is 96.2 cm³/mol. The average Bonchev–Trinajstić information content (AvgIpc) is 2.52. The van der Waals surface area contributed by atoms with Gasteiger partial charge in [-0.2, -0.15) is 0 Å². The van der Waals surface area contributed by atoms with Crippen molar-refractivity contribution in [3.8, 4) is 0 Å².